The topological polar surface area (TPSA) is 97.2 Å². The summed E-state index contributed by atoms with van der Waals surface area (Å²) >= 11 is 1.31. The molecule has 0 radical (unpaired) electrons. The summed E-state index contributed by atoms with van der Waals surface area (Å²) in [5.41, 5.74) is 4.68. The summed E-state index contributed by atoms with van der Waals surface area (Å²) < 4.78 is 10.7. The van der Waals surface area contributed by atoms with E-state index in [9.17, 15) is 9.59 Å². The normalized spacial score (nSPS) is 10.9. The molecule has 8 heteroatoms. The van der Waals surface area contributed by atoms with Crippen LogP contribution in [0.15, 0.2) is 51.0 Å². The molecule has 0 spiro atoms. The number of thiazole rings is 1. The van der Waals surface area contributed by atoms with E-state index in [0.717, 1.165) is 16.7 Å². The minimum Gasteiger partial charge on any atom is -0.483 e. The van der Waals surface area contributed by atoms with Crippen LogP contribution in [-0.4, -0.2) is 22.5 Å². The van der Waals surface area contributed by atoms with Gasteiger partial charge in [0.15, 0.2) is 17.3 Å². The number of hydrogen-bond acceptors (Lipinski definition) is 6. The SMILES string of the molecule is Cc1cccc(OCC(=O)Nc2nc(-c3ccc4[nH]c(=O)oc4c3)cs2)c1C. The van der Waals surface area contributed by atoms with Crippen molar-refractivity contribution in [3.8, 4) is 17.0 Å². The number of nitrogens with zero attached hydrogens (tertiary/aromatic N) is 1. The van der Waals surface area contributed by atoms with E-state index in [0.29, 0.717) is 27.7 Å². The predicted molar refractivity (Wildman–Crippen MR) is 108 cm³/mol. The maximum absolute atomic E-state index is 12.2. The van der Waals surface area contributed by atoms with Gasteiger partial charge in [-0.15, -0.1) is 11.3 Å². The number of H-pyrrole nitrogens is 1. The van der Waals surface area contributed by atoms with Gasteiger partial charge < -0.3 is 9.15 Å². The number of carbonyl (C=O) groups is 1. The first-order chi connectivity index (χ1) is 13.5. The fourth-order valence-corrected chi connectivity index (χ4v) is 3.48. The van der Waals surface area contributed by atoms with Crippen molar-refractivity contribution in [2.75, 3.05) is 11.9 Å². The Morgan fingerprint density at radius 1 is 1.29 bits per heavy atom. The molecule has 0 saturated carbocycles. The van der Waals surface area contributed by atoms with Crippen molar-refractivity contribution in [2.45, 2.75) is 13.8 Å². The number of hydrogen-bond donors (Lipinski definition) is 2. The standard InChI is InChI=1S/C20H17N3O4S/c1-11-4-3-5-16(12(11)2)26-9-18(24)23-19-21-15(10-28-19)13-6-7-14-17(8-13)27-20(25)22-14/h3-8,10H,9H2,1-2H3,(H,22,25)(H,21,23,24). The molecule has 142 valence electrons. The van der Waals surface area contributed by atoms with E-state index in [-0.39, 0.29) is 12.5 Å². The van der Waals surface area contributed by atoms with Crippen molar-refractivity contribution in [1.82, 2.24) is 9.97 Å². The molecule has 4 aromatic rings. The van der Waals surface area contributed by atoms with Gasteiger partial charge in [-0.05, 0) is 43.2 Å². The maximum Gasteiger partial charge on any atom is 0.417 e. The zero-order chi connectivity index (χ0) is 19.7. The molecule has 0 atom stereocenters. The molecular formula is C20H17N3O4S. The number of rotatable bonds is 5. The Labute approximate surface area is 164 Å². The van der Waals surface area contributed by atoms with E-state index in [1.54, 1.807) is 12.1 Å². The van der Waals surface area contributed by atoms with Gasteiger partial charge in [0.1, 0.15) is 5.75 Å². The molecule has 0 unspecified atom stereocenters. The highest BCUT2D eigenvalue weighted by Gasteiger charge is 2.11. The summed E-state index contributed by atoms with van der Waals surface area (Å²) in [4.78, 5) is 30.5. The number of aromatic amines is 1. The Balaban J connectivity index is 1.43. The van der Waals surface area contributed by atoms with E-state index >= 15 is 0 Å². The van der Waals surface area contributed by atoms with Crippen LogP contribution in [0, 0.1) is 13.8 Å². The van der Waals surface area contributed by atoms with Gasteiger partial charge in [0.05, 0.1) is 11.2 Å². The van der Waals surface area contributed by atoms with Crippen molar-refractivity contribution in [3.05, 3.63) is 63.5 Å². The summed E-state index contributed by atoms with van der Waals surface area (Å²) in [6, 6.07) is 11.1. The Kier molecular flexibility index (Phi) is 4.70. The summed E-state index contributed by atoms with van der Waals surface area (Å²) in [6.07, 6.45) is 0. The van der Waals surface area contributed by atoms with Gasteiger partial charge in [-0.1, -0.05) is 18.2 Å². The fraction of sp³-hybridized carbons (Fsp3) is 0.150. The zero-order valence-electron chi connectivity index (χ0n) is 15.2. The first kappa shape index (κ1) is 18.0. The first-order valence-corrected chi connectivity index (χ1v) is 9.45. The number of nitrogens with one attached hydrogen (secondary N) is 2. The fourth-order valence-electron chi connectivity index (χ4n) is 2.75. The molecule has 2 aromatic heterocycles. The third-order valence-electron chi connectivity index (χ3n) is 4.38. The Morgan fingerprint density at radius 3 is 3.00 bits per heavy atom. The van der Waals surface area contributed by atoms with Gasteiger partial charge in [-0.25, -0.2) is 9.78 Å². The second-order valence-electron chi connectivity index (χ2n) is 6.30. The maximum atomic E-state index is 12.2. The van der Waals surface area contributed by atoms with Gasteiger partial charge >= 0.3 is 5.76 Å². The smallest absolute Gasteiger partial charge is 0.417 e. The molecule has 1 amide bonds. The molecule has 0 saturated heterocycles. The molecular weight excluding hydrogens is 378 g/mol. The van der Waals surface area contributed by atoms with Gasteiger partial charge in [0.25, 0.3) is 5.91 Å². The quantitative estimate of drug-likeness (QED) is 0.534. The highest BCUT2D eigenvalue weighted by molar-refractivity contribution is 7.14. The van der Waals surface area contributed by atoms with Crippen LogP contribution in [0.4, 0.5) is 5.13 Å². The van der Waals surface area contributed by atoms with Crippen LogP contribution in [0.5, 0.6) is 5.75 Å². The Hall–Kier alpha value is -3.39. The van der Waals surface area contributed by atoms with Crippen molar-refractivity contribution in [3.63, 3.8) is 0 Å². The monoisotopic (exact) mass is 395 g/mol. The van der Waals surface area contributed by atoms with E-state index in [4.69, 9.17) is 9.15 Å². The minimum absolute atomic E-state index is 0.0975. The summed E-state index contributed by atoms with van der Waals surface area (Å²) in [5.74, 6) is -0.0904. The van der Waals surface area contributed by atoms with Crippen LogP contribution < -0.4 is 15.8 Å². The number of fused-ring (bicyclic) bond motifs is 1. The molecule has 0 aliphatic carbocycles. The van der Waals surface area contributed by atoms with Gasteiger partial charge in [-0.3, -0.25) is 15.1 Å². The Bertz CT molecular complexity index is 1220. The summed E-state index contributed by atoms with van der Waals surface area (Å²) in [7, 11) is 0. The largest absolute Gasteiger partial charge is 0.483 e. The number of benzene rings is 2. The van der Waals surface area contributed by atoms with E-state index in [1.807, 2.05) is 43.5 Å². The number of carbonyl (C=O) groups excluding carboxylic acids is 1. The lowest BCUT2D eigenvalue weighted by Gasteiger charge is -2.10. The summed E-state index contributed by atoms with van der Waals surface area (Å²) in [5, 5.41) is 5.04. The lowest BCUT2D eigenvalue weighted by molar-refractivity contribution is -0.118. The molecule has 2 heterocycles. The number of aromatic nitrogens is 2. The van der Waals surface area contributed by atoms with Gasteiger partial charge in [-0.2, -0.15) is 0 Å². The highest BCUT2D eigenvalue weighted by Crippen LogP contribution is 2.27. The van der Waals surface area contributed by atoms with Gasteiger partial charge in [0, 0.05) is 10.9 Å². The van der Waals surface area contributed by atoms with Crippen LogP contribution in [0.25, 0.3) is 22.4 Å². The number of ether oxygens (including phenoxy) is 1. The van der Waals surface area contributed by atoms with Crippen LogP contribution in [-0.2, 0) is 4.79 Å². The predicted octanol–water partition coefficient (Wildman–Crippen LogP) is 3.88. The molecule has 28 heavy (non-hydrogen) atoms. The second-order valence-corrected chi connectivity index (χ2v) is 7.16. The molecule has 0 aliphatic heterocycles. The van der Waals surface area contributed by atoms with E-state index < -0.39 is 5.76 Å². The van der Waals surface area contributed by atoms with Crippen LogP contribution in [0.3, 0.4) is 0 Å². The van der Waals surface area contributed by atoms with Crippen LogP contribution >= 0.6 is 11.3 Å². The van der Waals surface area contributed by atoms with Crippen molar-refractivity contribution in [1.29, 1.82) is 0 Å². The molecule has 0 fully saturated rings. The van der Waals surface area contributed by atoms with Crippen LogP contribution in [0.2, 0.25) is 0 Å². The van der Waals surface area contributed by atoms with E-state index in [2.05, 4.69) is 15.3 Å². The zero-order valence-corrected chi connectivity index (χ0v) is 16.1. The molecule has 2 N–H and O–H groups in total. The van der Waals surface area contributed by atoms with Crippen molar-refractivity contribution in [2.24, 2.45) is 0 Å². The van der Waals surface area contributed by atoms with Gasteiger partial charge in [0.2, 0.25) is 0 Å². The first-order valence-electron chi connectivity index (χ1n) is 8.57. The van der Waals surface area contributed by atoms with Crippen LogP contribution in [0.1, 0.15) is 11.1 Å². The second kappa shape index (κ2) is 7.32. The molecule has 0 bridgehead atoms. The third-order valence-corrected chi connectivity index (χ3v) is 5.14. The Morgan fingerprint density at radius 2 is 2.14 bits per heavy atom. The molecule has 7 nitrogen and oxygen atoms in total. The van der Waals surface area contributed by atoms with E-state index in [1.165, 1.54) is 11.3 Å². The highest BCUT2D eigenvalue weighted by atomic mass is 32.1. The van der Waals surface area contributed by atoms with Crippen molar-refractivity contribution < 1.29 is 13.9 Å². The lowest BCUT2D eigenvalue weighted by atomic mass is 10.1. The van der Waals surface area contributed by atoms with Crippen molar-refractivity contribution >= 4 is 33.5 Å². The molecule has 4 rings (SSSR count). The average Bonchev–Trinajstić information content (AvgIpc) is 3.27. The lowest BCUT2D eigenvalue weighted by Crippen LogP contribution is -2.20. The molecule has 2 aromatic carbocycles. The third kappa shape index (κ3) is 3.67. The minimum atomic E-state index is -0.498. The average molecular weight is 395 g/mol. The number of aryl methyl sites for hydroxylation is 1. The molecule has 0 aliphatic rings. The summed E-state index contributed by atoms with van der Waals surface area (Å²) in [6.45, 7) is 3.86. The number of anilines is 1. The number of amides is 1. The number of oxazole rings is 1.